The van der Waals surface area contributed by atoms with Gasteiger partial charge in [-0.3, -0.25) is 0 Å². The van der Waals surface area contributed by atoms with Crippen LogP contribution in [0.4, 0.5) is 4.79 Å². The third kappa shape index (κ3) is 9.42. The van der Waals surface area contributed by atoms with E-state index in [1.807, 2.05) is 83.4 Å². The number of ether oxygens (including phenoxy) is 2. The van der Waals surface area contributed by atoms with Gasteiger partial charge in [0.2, 0.25) is 0 Å². The van der Waals surface area contributed by atoms with Crippen LogP contribution >= 0.6 is 0 Å². The van der Waals surface area contributed by atoms with Crippen molar-refractivity contribution in [3.63, 3.8) is 0 Å². The monoisotopic (exact) mass is 546 g/mol. The lowest BCUT2D eigenvalue weighted by atomic mass is 9.92. The highest BCUT2D eigenvalue weighted by Gasteiger charge is 2.29. The molecule has 0 saturated heterocycles. The summed E-state index contributed by atoms with van der Waals surface area (Å²) >= 11 is 0. The Labute approximate surface area is 238 Å². The number of carboxylic acids is 1. The van der Waals surface area contributed by atoms with E-state index in [4.69, 9.17) is 9.47 Å². The van der Waals surface area contributed by atoms with Crippen LogP contribution < -0.4 is 4.74 Å². The second kappa shape index (κ2) is 13.0. The molecule has 0 unspecified atom stereocenters. The fraction of sp³-hybridized carbons (Fsp3) is 0.394. The first-order valence-electron chi connectivity index (χ1n) is 13.5. The molecule has 7 nitrogen and oxygen atoms in total. The van der Waals surface area contributed by atoms with Gasteiger partial charge in [-0.25, -0.2) is 9.59 Å². The number of rotatable bonds is 11. The smallest absolute Gasteiger partial charge is 0.410 e. The summed E-state index contributed by atoms with van der Waals surface area (Å²) in [5.74, 6) is -0.226. The summed E-state index contributed by atoms with van der Waals surface area (Å²) in [6.45, 7) is 11.6. The maximum atomic E-state index is 13.4. The SMILES string of the molecule is CN(C)CC(C)(C)CN(CC(=Cc1ccc(C(=O)O)cc1)COc1cccc2ccccc12)C(=O)OC(C)(C)C. The van der Waals surface area contributed by atoms with Crippen LogP contribution in [0, 0.1) is 5.41 Å². The van der Waals surface area contributed by atoms with Gasteiger partial charge in [0.1, 0.15) is 18.0 Å². The molecule has 0 heterocycles. The summed E-state index contributed by atoms with van der Waals surface area (Å²) in [7, 11) is 4.04. The van der Waals surface area contributed by atoms with Gasteiger partial charge in [0, 0.05) is 25.0 Å². The highest BCUT2D eigenvalue weighted by atomic mass is 16.6. The van der Waals surface area contributed by atoms with Crippen molar-refractivity contribution in [1.29, 1.82) is 0 Å². The van der Waals surface area contributed by atoms with E-state index in [2.05, 4.69) is 18.7 Å². The maximum absolute atomic E-state index is 13.4. The van der Waals surface area contributed by atoms with E-state index in [-0.39, 0.29) is 24.1 Å². The van der Waals surface area contributed by atoms with Gasteiger partial charge < -0.3 is 24.4 Å². The molecule has 0 fully saturated rings. The Morgan fingerprint density at radius 2 is 1.52 bits per heavy atom. The minimum atomic E-state index is -0.978. The van der Waals surface area contributed by atoms with Crippen LogP contribution in [0.2, 0.25) is 0 Å². The Balaban J connectivity index is 1.96. The van der Waals surface area contributed by atoms with Gasteiger partial charge in [-0.2, -0.15) is 0 Å². The summed E-state index contributed by atoms with van der Waals surface area (Å²) in [5, 5.41) is 11.4. The minimum Gasteiger partial charge on any atom is -0.489 e. The van der Waals surface area contributed by atoms with Crippen molar-refractivity contribution in [3.05, 3.63) is 83.4 Å². The molecule has 0 radical (unpaired) electrons. The molecule has 0 aliphatic rings. The Kier molecular flexibility index (Phi) is 9.98. The van der Waals surface area contributed by atoms with Crippen molar-refractivity contribution in [3.8, 4) is 5.75 Å². The number of benzene rings is 3. The van der Waals surface area contributed by atoms with E-state index in [1.165, 1.54) is 0 Å². The van der Waals surface area contributed by atoms with Crippen LogP contribution in [-0.2, 0) is 4.74 Å². The van der Waals surface area contributed by atoms with Crippen molar-refractivity contribution in [1.82, 2.24) is 9.80 Å². The summed E-state index contributed by atoms with van der Waals surface area (Å²) in [5.41, 5.74) is 1.04. The molecular weight excluding hydrogens is 504 g/mol. The van der Waals surface area contributed by atoms with Crippen LogP contribution in [0.15, 0.2) is 72.3 Å². The average molecular weight is 547 g/mol. The van der Waals surface area contributed by atoms with Gasteiger partial charge >= 0.3 is 12.1 Å². The van der Waals surface area contributed by atoms with Crippen molar-refractivity contribution in [2.75, 3.05) is 40.3 Å². The molecule has 0 aromatic heterocycles. The average Bonchev–Trinajstić information content (AvgIpc) is 2.85. The van der Waals surface area contributed by atoms with Crippen molar-refractivity contribution >= 4 is 28.9 Å². The summed E-state index contributed by atoms with van der Waals surface area (Å²) in [6.07, 6.45) is 1.56. The molecule has 3 rings (SSSR count). The predicted octanol–water partition coefficient (Wildman–Crippen LogP) is 6.83. The summed E-state index contributed by atoms with van der Waals surface area (Å²) in [6, 6.07) is 20.6. The van der Waals surface area contributed by atoms with E-state index in [0.717, 1.165) is 34.2 Å². The van der Waals surface area contributed by atoms with Gasteiger partial charge in [-0.05, 0) is 75.0 Å². The molecular formula is C33H42N2O5. The van der Waals surface area contributed by atoms with E-state index in [9.17, 15) is 14.7 Å². The standard InChI is InChI=1S/C33H42N2O5/c1-32(2,3)40-31(38)35(23-33(4,5)22-34(6)7)20-25(19-24-15-17-27(18-16-24)30(36)37)21-39-29-14-10-12-26-11-8-9-13-28(26)29/h8-19H,20-23H2,1-7H3,(H,36,37). The molecule has 214 valence electrons. The van der Waals surface area contributed by atoms with Gasteiger partial charge in [-0.1, -0.05) is 68.5 Å². The Hall–Kier alpha value is -3.84. The zero-order chi connectivity index (χ0) is 29.5. The van der Waals surface area contributed by atoms with E-state index >= 15 is 0 Å². The number of carboxylic acid groups (broad SMARTS) is 1. The van der Waals surface area contributed by atoms with Crippen LogP contribution in [0.1, 0.15) is 50.5 Å². The lowest BCUT2D eigenvalue weighted by Crippen LogP contribution is -2.46. The van der Waals surface area contributed by atoms with Crippen LogP contribution in [-0.4, -0.2) is 72.9 Å². The first-order chi connectivity index (χ1) is 18.7. The Bertz CT molecular complexity index is 1330. The number of amides is 1. The number of aromatic carboxylic acids is 1. The zero-order valence-corrected chi connectivity index (χ0v) is 24.7. The van der Waals surface area contributed by atoms with Crippen molar-refractivity contribution in [2.45, 2.75) is 40.2 Å². The number of carbonyl (C=O) groups excluding carboxylic acids is 1. The number of fused-ring (bicyclic) bond motifs is 1. The Morgan fingerprint density at radius 3 is 2.15 bits per heavy atom. The summed E-state index contributed by atoms with van der Waals surface area (Å²) in [4.78, 5) is 28.6. The predicted molar refractivity (Wildman–Crippen MR) is 161 cm³/mol. The maximum Gasteiger partial charge on any atom is 0.410 e. The summed E-state index contributed by atoms with van der Waals surface area (Å²) < 4.78 is 12.1. The lowest BCUT2D eigenvalue weighted by molar-refractivity contribution is 0.0178. The molecule has 1 N–H and O–H groups in total. The van der Waals surface area contributed by atoms with Gasteiger partial charge in [0.15, 0.2) is 0 Å². The molecule has 3 aromatic rings. The first kappa shape index (κ1) is 30.7. The van der Waals surface area contributed by atoms with Crippen LogP contribution in [0.25, 0.3) is 16.8 Å². The molecule has 0 atom stereocenters. The number of nitrogens with zero attached hydrogens (tertiary/aromatic N) is 2. The molecule has 0 aliphatic heterocycles. The van der Waals surface area contributed by atoms with Crippen molar-refractivity contribution < 1.29 is 24.2 Å². The van der Waals surface area contributed by atoms with Gasteiger partial charge in [0.05, 0.1) is 5.56 Å². The van der Waals surface area contributed by atoms with Gasteiger partial charge in [0.25, 0.3) is 0 Å². The molecule has 0 aliphatic carbocycles. The highest BCUT2D eigenvalue weighted by Crippen LogP contribution is 2.27. The largest absolute Gasteiger partial charge is 0.489 e. The molecule has 1 amide bonds. The molecule has 3 aromatic carbocycles. The molecule has 7 heteroatoms. The van der Waals surface area contributed by atoms with Crippen LogP contribution in [0.5, 0.6) is 5.75 Å². The highest BCUT2D eigenvalue weighted by molar-refractivity contribution is 5.88. The first-order valence-corrected chi connectivity index (χ1v) is 13.5. The third-order valence-corrected chi connectivity index (χ3v) is 6.10. The van der Waals surface area contributed by atoms with E-state index in [1.54, 1.807) is 29.2 Å². The quantitative estimate of drug-likeness (QED) is 0.284. The fourth-order valence-electron chi connectivity index (χ4n) is 4.76. The van der Waals surface area contributed by atoms with Gasteiger partial charge in [-0.15, -0.1) is 0 Å². The third-order valence-electron chi connectivity index (χ3n) is 6.10. The Morgan fingerprint density at radius 1 is 0.875 bits per heavy atom. The molecule has 0 bridgehead atoms. The minimum absolute atomic E-state index is 0.203. The fourth-order valence-corrected chi connectivity index (χ4v) is 4.76. The number of hydrogen-bond acceptors (Lipinski definition) is 5. The van der Waals surface area contributed by atoms with E-state index in [0.29, 0.717) is 6.54 Å². The van der Waals surface area contributed by atoms with Crippen LogP contribution in [0.3, 0.4) is 0 Å². The van der Waals surface area contributed by atoms with Crippen molar-refractivity contribution in [2.24, 2.45) is 5.41 Å². The number of hydrogen-bond donors (Lipinski definition) is 1. The topological polar surface area (TPSA) is 79.3 Å². The molecule has 0 saturated carbocycles. The zero-order valence-electron chi connectivity index (χ0n) is 24.7. The number of carbonyl (C=O) groups is 2. The normalized spacial score (nSPS) is 12.4. The lowest BCUT2D eigenvalue weighted by Gasteiger charge is -2.36. The second-order valence-corrected chi connectivity index (χ2v) is 12.2. The second-order valence-electron chi connectivity index (χ2n) is 12.2. The van der Waals surface area contributed by atoms with E-state index < -0.39 is 17.7 Å². The molecule has 40 heavy (non-hydrogen) atoms. The molecule has 0 spiro atoms.